The number of fused-ring (bicyclic) bond motifs is 1. The Morgan fingerprint density at radius 3 is 1.89 bits per heavy atom. The summed E-state index contributed by atoms with van der Waals surface area (Å²) >= 11 is 3.42. The fourth-order valence-corrected chi connectivity index (χ4v) is 4.70. The summed E-state index contributed by atoms with van der Waals surface area (Å²) < 4.78 is 20.1. The van der Waals surface area contributed by atoms with Gasteiger partial charge in [0.2, 0.25) is 0 Å². The normalized spacial score (nSPS) is 11.1. The highest BCUT2D eigenvalue weighted by atomic mass is 79.9. The predicted molar refractivity (Wildman–Crippen MR) is 158 cm³/mol. The van der Waals surface area contributed by atoms with Crippen LogP contribution < -0.4 is 14.2 Å². The van der Waals surface area contributed by atoms with E-state index in [2.05, 4.69) is 108 Å². The number of halogens is 1. The Morgan fingerprint density at radius 2 is 1.27 bits per heavy atom. The Morgan fingerprint density at radius 1 is 0.703 bits per heavy atom. The van der Waals surface area contributed by atoms with Crippen LogP contribution in [0.2, 0.25) is 0 Å². The molecule has 37 heavy (non-hydrogen) atoms. The van der Waals surface area contributed by atoms with Crippen molar-refractivity contribution in [3.05, 3.63) is 77.9 Å². The Kier molecular flexibility index (Phi) is 9.95. The van der Waals surface area contributed by atoms with Gasteiger partial charge in [-0.25, -0.2) is 0 Å². The van der Waals surface area contributed by atoms with Crippen molar-refractivity contribution in [1.82, 2.24) is 4.57 Å². The molecular weight excluding hydrogens is 526 g/mol. The van der Waals surface area contributed by atoms with E-state index in [-0.39, 0.29) is 0 Å². The van der Waals surface area contributed by atoms with Crippen LogP contribution >= 0.6 is 15.9 Å². The third-order valence-electron chi connectivity index (χ3n) is 6.56. The summed E-state index contributed by atoms with van der Waals surface area (Å²) in [4.78, 5) is 0. The zero-order valence-corrected chi connectivity index (χ0v) is 23.9. The number of nitrogens with zero attached hydrogens (tertiary/aromatic N) is 1. The van der Waals surface area contributed by atoms with Crippen molar-refractivity contribution in [2.24, 2.45) is 0 Å². The third-order valence-corrected chi connectivity index (χ3v) is 6.88. The lowest BCUT2D eigenvalue weighted by Gasteiger charge is -2.14. The van der Waals surface area contributed by atoms with Crippen LogP contribution in [0, 0.1) is 6.92 Å². The SMILES string of the molecule is CCCCOc1ccc(-c2c(C)c3cc(OCCCC)ccc3n2Cc2ccc(OCCBr)cc2)cc1. The Balaban J connectivity index is 1.70. The van der Waals surface area contributed by atoms with Crippen molar-refractivity contribution in [1.29, 1.82) is 0 Å². The first-order chi connectivity index (χ1) is 18.1. The van der Waals surface area contributed by atoms with Crippen LogP contribution in [0.25, 0.3) is 22.2 Å². The standard InChI is InChI=1S/C32H38BrNO3/c1-4-6-19-35-28-14-10-26(11-15-28)32-24(3)30-22-29(36-20-7-5-2)16-17-31(30)34(32)23-25-8-12-27(13-9-25)37-21-18-33/h8-17,22H,4-7,18-21,23H2,1-3H3. The first-order valence-electron chi connectivity index (χ1n) is 13.4. The number of aryl methyl sites for hydroxylation is 1. The molecule has 4 rings (SSSR count). The predicted octanol–water partition coefficient (Wildman–Crippen LogP) is 8.80. The fraction of sp³-hybridized carbons (Fsp3) is 0.375. The molecule has 0 unspecified atom stereocenters. The molecule has 3 aromatic carbocycles. The highest BCUT2D eigenvalue weighted by molar-refractivity contribution is 9.09. The molecule has 0 N–H and O–H groups in total. The molecule has 0 spiro atoms. The van der Waals surface area contributed by atoms with Crippen LogP contribution in [0.5, 0.6) is 17.2 Å². The Bertz CT molecular complexity index is 1260. The molecule has 0 saturated carbocycles. The van der Waals surface area contributed by atoms with E-state index in [1.54, 1.807) is 0 Å². The average Bonchev–Trinajstić information content (AvgIpc) is 3.19. The van der Waals surface area contributed by atoms with Crippen molar-refractivity contribution in [3.63, 3.8) is 0 Å². The van der Waals surface area contributed by atoms with Crippen LogP contribution in [-0.4, -0.2) is 29.7 Å². The van der Waals surface area contributed by atoms with Crippen LogP contribution in [0.15, 0.2) is 66.7 Å². The monoisotopic (exact) mass is 563 g/mol. The minimum Gasteiger partial charge on any atom is -0.494 e. The van der Waals surface area contributed by atoms with Crippen molar-refractivity contribution in [2.75, 3.05) is 25.2 Å². The summed E-state index contributed by atoms with van der Waals surface area (Å²) in [7, 11) is 0. The molecule has 1 heterocycles. The van der Waals surface area contributed by atoms with Crippen molar-refractivity contribution >= 4 is 26.8 Å². The molecule has 1 aromatic heterocycles. The number of benzene rings is 3. The summed E-state index contributed by atoms with van der Waals surface area (Å²) in [5.41, 5.74) is 6.10. The summed E-state index contributed by atoms with van der Waals surface area (Å²) in [5.74, 6) is 2.74. The molecule has 0 fully saturated rings. The zero-order valence-electron chi connectivity index (χ0n) is 22.3. The molecule has 196 valence electrons. The summed E-state index contributed by atoms with van der Waals surface area (Å²) in [6.45, 7) is 9.51. The molecule has 0 aliphatic heterocycles. The van der Waals surface area contributed by atoms with Gasteiger partial charge in [-0.2, -0.15) is 0 Å². The van der Waals surface area contributed by atoms with Crippen LogP contribution in [0.3, 0.4) is 0 Å². The number of hydrogen-bond donors (Lipinski definition) is 0. The van der Waals surface area contributed by atoms with E-state index in [0.717, 1.165) is 68.0 Å². The average molecular weight is 565 g/mol. The lowest BCUT2D eigenvalue weighted by atomic mass is 10.1. The minimum atomic E-state index is 0.658. The number of aromatic nitrogens is 1. The zero-order chi connectivity index (χ0) is 26.0. The molecule has 0 amide bonds. The topological polar surface area (TPSA) is 32.6 Å². The van der Waals surface area contributed by atoms with E-state index in [4.69, 9.17) is 14.2 Å². The van der Waals surface area contributed by atoms with E-state index in [1.165, 1.54) is 33.3 Å². The van der Waals surface area contributed by atoms with E-state index in [9.17, 15) is 0 Å². The van der Waals surface area contributed by atoms with Gasteiger partial charge in [0.15, 0.2) is 0 Å². The van der Waals surface area contributed by atoms with Gasteiger partial charge in [-0.1, -0.05) is 54.8 Å². The van der Waals surface area contributed by atoms with Crippen molar-refractivity contribution in [3.8, 4) is 28.5 Å². The van der Waals surface area contributed by atoms with Gasteiger partial charge in [0, 0.05) is 22.8 Å². The summed E-state index contributed by atoms with van der Waals surface area (Å²) in [5, 5.41) is 2.05. The molecule has 0 aliphatic carbocycles. The molecule has 5 heteroatoms. The fourth-order valence-electron chi connectivity index (χ4n) is 4.54. The quantitative estimate of drug-likeness (QED) is 0.113. The van der Waals surface area contributed by atoms with Gasteiger partial charge >= 0.3 is 0 Å². The van der Waals surface area contributed by atoms with Gasteiger partial charge in [0.1, 0.15) is 17.2 Å². The van der Waals surface area contributed by atoms with E-state index in [0.29, 0.717) is 6.61 Å². The van der Waals surface area contributed by atoms with Gasteiger partial charge in [-0.3, -0.25) is 0 Å². The Hall–Kier alpha value is -2.92. The number of unbranched alkanes of at least 4 members (excludes halogenated alkanes) is 2. The molecule has 0 aliphatic rings. The highest BCUT2D eigenvalue weighted by Gasteiger charge is 2.17. The maximum Gasteiger partial charge on any atom is 0.120 e. The van der Waals surface area contributed by atoms with Gasteiger partial charge in [0.25, 0.3) is 0 Å². The van der Waals surface area contributed by atoms with Gasteiger partial charge < -0.3 is 18.8 Å². The first kappa shape index (κ1) is 27.1. The molecule has 0 saturated heterocycles. The summed E-state index contributed by atoms with van der Waals surface area (Å²) in [6.07, 6.45) is 4.38. The number of hydrogen-bond acceptors (Lipinski definition) is 3. The Labute approximate surface area is 229 Å². The maximum atomic E-state index is 6.05. The third kappa shape index (κ3) is 6.89. The first-order valence-corrected chi connectivity index (χ1v) is 14.5. The second kappa shape index (κ2) is 13.6. The second-order valence-corrected chi connectivity index (χ2v) is 10.1. The number of ether oxygens (including phenoxy) is 3. The molecular formula is C32H38BrNO3. The highest BCUT2D eigenvalue weighted by Crippen LogP contribution is 2.36. The summed E-state index contributed by atoms with van der Waals surface area (Å²) in [6, 6.07) is 23.4. The van der Waals surface area contributed by atoms with Crippen LogP contribution in [0.4, 0.5) is 0 Å². The smallest absolute Gasteiger partial charge is 0.120 e. The van der Waals surface area contributed by atoms with E-state index >= 15 is 0 Å². The lowest BCUT2D eigenvalue weighted by molar-refractivity contribution is 0.309. The minimum absolute atomic E-state index is 0.658. The van der Waals surface area contributed by atoms with Crippen molar-refractivity contribution < 1.29 is 14.2 Å². The number of alkyl halides is 1. The molecule has 0 bridgehead atoms. The maximum absolute atomic E-state index is 6.05. The van der Waals surface area contributed by atoms with Gasteiger partial charge in [-0.15, -0.1) is 0 Å². The number of rotatable bonds is 14. The van der Waals surface area contributed by atoms with Gasteiger partial charge in [0.05, 0.1) is 25.5 Å². The molecule has 4 nitrogen and oxygen atoms in total. The van der Waals surface area contributed by atoms with Crippen molar-refractivity contribution in [2.45, 2.75) is 53.0 Å². The van der Waals surface area contributed by atoms with E-state index < -0.39 is 0 Å². The lowest BCUT2D eigenvalue weighted by Crippen LogP contribution is -2.03. The molecule has 0 atom stereocenters. The van der Waals surface area contributed by atoms with Gasteiger partial charge in [-0.05, 0) is 91.1 Å². The second-order valence-electron chi connectivity index (χ2n) is 9.35. The van der Waals surface area contributed by atoms with E-state index in [1.807, 2.05) is 0 Å². The van der Waals surface area contributed by atoms with Crippen LogP contribution in [0.1, 0.15) is 50.7 Å². The van der Waals surface area contributed by atoms with Crippen LogP contribution in [-0.2, 0) is 6.54 Å². The molecule has 0 radical (unpaired) electrons. The molecule has 4 aromatic rings. The largest absolute Gasteiger partial charge is 0.494 e.